The Hall–Kier alpha value is -0.970. The van der Waals surface area contributed by atoms with Gasteiger partial charge < -0.3 is 4.74 Å². The zero-order valence-electron chi connectivity index (χ0n) is 9.72. The summed E-state index contributed by atoms with van der Waals surface area (Å²) in [5.41, 5.74) is -0.0938. The molecule has 0 spiro atoms. The highest BCUT2D eigenvalue weighted by molar-refractivity contribution is 7.80. The number of nitrogens with zero attached hydrogens (tertiary/aromatic N) is 2. The van der Waals surface area contributed by atoms with E-state index in [9.17, 15) is 4.79 Å². The minimum absolute atomic E-state index is 0.0938. The van der Waals surface area contributed by atoms with E-state index in [-0.39, 0.29) is 5.56 Å². The average Bonchev–Trinajstić information content (AvgIpc) is 2.31. The van der Waals surface area contributed by atoms with Gasteiger partial charge in [-0.2, -0.15) is 12.6 Å². The fraction of sp³-hybridized carbons (Fsp3) is 0.636. The summed E-state index contributed by atoms with van der Waals surface area (Å²) in [7, 11) is 1.54. The lowest BCUT2D eigenvalue weighted by atomic mass is 10.1. The number of methoxy groups -OCH3 is 1. The minimum atomic E-state index is -0.0938. The molecule has 16 heavy (non-hydrogen) atoms. The Morgan fingerprint density at radius 3 is 2.88 bits per heavy atom. The van der Waals surface area contributed by atoms with E-state index < -0.39 is 0 Å². The van der Waals surface area contributed by atoms with Gasteiger partial charge in [-0.15, -0.1) is 5.10 Å². The standard InChI is InChI=1S/C11H18N2O2S/c1-3-4-9(8-16)7-13-11(14)6-5-10(12-13)15-2/h5-6,9,16H,3-4,7-8H2,1-2H3. The molecule has 0 aliphatic carbocycles. The van der Waals surface area contributed by atoms with Gasteiger partial charge in [0.2, 0.25) is 5.88 Å². The van der Waals surface area contributed by atoms with Crippen LogP contribution in [0.2, 0.25) is 0 Å². The van der Waals surface area contributed by atoms with Crippen molar-refractivity contribution in [1.29, 1.82) is 0 Å². The molecule has 0 aliphatic heterocycles. The third kappa shape index (κ3) is 3.56. The predicted molar refractivity (Wildman–Crippen MR) is 67.3 cm³/mol. The van der Waals surface area contributed by atoms with Crippen molar-refractivity contribution < 1.29 is 4.74 Å². The molecule has 0 amide bonds. The molecule has 1 unspecified atom stereocenters. The average molecular weight is 242 g/mol. The molecular weight excluding hydrogens is 224 g/mol. The zero-order valence-corrected chi connectivity index (χ0v) is 10.6. The molecule has 0 aromatic carbocycles. The number of aromatic nitrogens is 2. The largest absolute Gasteiger partial charge is 0.480 e. The summed E-state index contributed by atoms with van der Waals surface area (Å²) in [4.78, 5) is 11.6. The minimum Gasteiger partial charge on any atom is -0.480 e. The molecule has 90 valence electrons. The number of hydrogen-bond acceptors (Lipinski definition) is 4. The van der Waals surface area contributed by atoms with Crippen molar-refractivity contribution in [2.45, 2.75) is 26.3 Å². The van der Waals surface area contributed by atoms with Crippen LogP contribution in [0.4, 0.5) is 0 Å². The van der Waals surface area contributed by atoms with E-state index in [2.05, 4.69) is 24.7 Å². The van der Waals surface area contributed by atoms with Crippen LogP contribution in [0.15, 0.2) is 16.9 Å². The van der Waals surface area contributed by atoms with Gasteiger partial charge in [0.05, 0.1) is 7.11 Å². The van der Waals surface area contributed by atoms with Gasteiger partial charge in [-0.1, -0.05) is 13.3 Å². The summed E-state index contributed by atoms with van der Waals surface area (Å²) >= 11 is 4.29. The van der Waals surface area contributed by atoms with Gasteiger partial charge in [0.15, 0.2) is 0 Å². The summed E-state index contributed by atoms with van der Waals surface area (Å²) in [6.45, 7) is 2.73. The van der Waals surface area contributed by atoms with Crippen LogP contribution in [0.3, 0.4) is 0 Å². The first-order chi connectivity index (χ1) is 7.71. The molecule has 5 heteroatoms. The van der Waals surface area contributed by atoms with Crippen LogP contribution in [0.5, 0.6) is 5.88 Å². The topological polar surface area (TPSA) is 44.1 Å². The summed E-state index contributed by atoms with van der Waals surface area (Å²) in [6.07, 6.45) is 2.14. The molecule has 0 saturated carbocycles. The van der Waals surface area contributed by atoms with E-state index in [4.69, 9.17) is 4.74 Å². The zero-order chi connectivity index (χ0) is 12.0. The Kier molecular flexibility index (Phi) is 5.38. The van der Waals surface area contributed by atoms with Crippen molar-refractivity contribution in [3.63, 3.8) is 0 Å². The number of thiol groups is 1. The number of rotatable bonds is 6. The van der Waals surface area contributed by atoms with Gasteiger partial charge in [0.25, 0.3) is 5.56 Å². The first-order valence-electron chi connectivity index (χ1n) is 5.44. The first-order valence-corrected chi connectivity index (χ1v) is 6.07. The lowest BCUT2D eigenvalue weighted by molar-refractivity contribution is 0.355. The first kappa shape index (κ1) is 13.1. The van der Waals surface area contributed by atoms with Crippen molar-refractivity contribution in [3.05, 3.63) is 22.5 Å². The van der Waals surface area contributed by atoms with Gasteiger partial charge in [-0.25, -0.2) is 4.68 Å². The molecule has 4 nitrogen and oxygen atoms in total. The molecule has 0 aliphatic rings. The third-order valence-electron chi connectivity index (χ3n) is 2.44. The highest BCUT2D eigenvalue weighted by Gasteiger charge is 2.09. The smallest absolute Gasteiger partial charge is 0.266 e. The Morgan fingerprint density at radius 1 is 1.56 bits per heavy atom. The Labute approximate surface area is 101 Å². The molecule has 0 N–H and O–H groups in total. The van der Waals surface area contributed by atoms with E-state index in [1.165, 1.54) is 10.7 Å². The highest BCUT2D eigenvalue weighted by Crippen LogP contribution is 2.10. The van der Waals surface area contributed by atoms with E-state index in [0.29, 0.717) is 18.3 Å². The second-order valence-corrected chi connectivity index (χ2v) is 4.10. The van der Waals surface area contributed by atoms with Crippen LogP contribution < -0.4 is 10.3 Å². The van der Waals surface area contributed by atoms with E-state index in [1.807, 2.05) is 0 Å². The SMILES string of the molecule is CCCC(CS)Cn1nc(OC)ccc1=O. The molecule has 1 heterocycles. The van der Waals surface area contributed by atoms with Gasteiger partial charge in [0, 0.05) is 18.7 Å². The van der Waals surface area contributed by atoms with Crippen molar-refractivity contribution in [1.82, 2.24) is 9.78 Å². The summed E-state index contributed by atoms with van der Waals surface area (Å²) in [6, 6.07) is 3.06. The Balaban J connectivity index is 2.81. The molecule has 1 rings (SSSR count). The normalized spacial score (nSPS) is 12.4. The monoisotopic (exact) mass is 242 g/mol. The second kappa shape index (κ2) is 6.58. The number of ether oxygens (including phenoxy) is 1. The molecule has 1 aromatic heterocycles. The lowest BCUT2D eigenvalue weighted by Gasteiger charge is -2.14. The van der Waals surface area contributed by atoms with Crippen molar-refractivity contribution in [3.8, 4) is 5.88 Å². The predicted octanol–water partition coefficient (Wildman–Crippen LogP) is 1.60. The van der Waals surface area contributed by atoms with E-state index in [0.717, 1.165) is 18.6 Å². The second-order valence-electron chi connectivity index (χ2n) is 3.73. The maximum absolute atomic E-state index is 11.6. The lowest BCUT2D eigenvalue weighted by Crippen LogP contribution is -2.26. The third-order valence-corrected chi connectivity index (χ3v) is 2.95. The molecule has 0 radical (unpaired) electrons. The molecule has 0 bridgehead atoms. The molecular formula is C11H18N2O2S. The van der Waals surface area contributed by atoms with Crippen LogP contribution in [0.1, 0.15) is 19.8 Å². The number of hydrogen-bond donors (Lipinski definition) is 1. The molecule has 0 fully saturated rings. The van der Waals surface area contributed by atoms with E-state index in [1.54, 1.807) is 13.2 Å². The van der Waals surface area contributed by atoms with Crippen LogP contribution >= 0.6 is 12.6 Å². The van der Waals surface area contributed by atoms with Gasteiger partial charge in [-0.05, 0) is 18.1 Å². The Bertz CT molecular complexity index is 378. The molecule has 1 aromatic rings. The molecule has 1 atom stereocenters. The van der Waals surface area contributed by atoms with Crippen LogP contribution in [-0.4, -0.2) is 22.6 Å². The van der Waals surface area contributed by atoms with Crippen LogP contribution in [0.25, 0.3) is 0 Å². The van der Waals surface area contributed by atoms with Gasteiger partial charge >= 0.3 is 0 Å². The maximum atomic E-state index is 11.6. The fourth-order valence-electron chi connectivity index (χ4n) is 1.56. The van der Waals surface area contributed by atoms with Gasteiger partial charge in [0.1, 0.15) is 0 Å². The van der Waals surface area contributed by atoms with Crippen molar-refractivity contribution >= 4 is 12.6 Å². The van der Waals surface area contributed by atoms with Crippen LogP contribution in [-0.2, 0) is 6.54 Å². The quantitative estimate of drug-likeness (QED) is 0.771. The summed E-state index contributed by atoms with van der Waals surface area (Å²) < 4.78 is 6.45. The summed E-state index contributed by atoms with van der Waals surface area (Å²) in [5.74, 6) is 1.61. The molecule has 0 saturated heterocycles. The van der Waals surface area contributed by atoms with E-state index >= 15 is 0 Å². The van der Waals surface area contributed by atoms with Crippen molar-refractivity contribution in [2.24, 2.45) is 5.92 Å². The van der Waals surface area contributed by atoms with Crippen molar-refractivity contribution in [2.75, 3.05) is 12.9 Å². The van der Waals surface area contributed by atoms with Gasteiger partial charge in [-0.3, -0.25) is 4.79 Å². The Morgan fingerprint density at radius 2 is 2.31 bits per heavy atom. The summed E-state index contributed by atoms with van der Waals surface area (Å²) in [5, 5.41) is 4.11. The highest BCUT2D eigenvalue weighted by atomic mass is 32.1. The fourth-order valence-corrected chi connectivity index (χ4v) is 1.86. The van der Waals surface area contributed by atoms with Crippen LogP contribution in [0, 0.1) is 5.92 Å². The maximum Gasteiger partial charge on any atom is 0.266 e.